The zero-order chi connectivity index (χ0) is 12.3. The molecule has 1 aliphatic carbocycles. The van der Waals surface area contributed by atoms with Gasteiger partial charge in [-0.2, -0.15) is 0 Å². The zero-order valence-corrected chi connectivity index (χ0v) is 10.8. The van der Waals surface area contributed by atoms with Gasteiger partial charge in [0.15, 0.2) is 11.6 Å². The summed E-state index contributed by atoms with van der Waals surface area (Å²) in [6.45, 7) is 0. The summed E-state index contributed by atoms with van der Waals surface area (Å²) in [4.78, 5) is 0. The smallest absolute Gasteiger partial charge is 0.165 e. The second kappa shape index (κ2) is 5.72. The minimum Gasteiger partial charge on any atom is -0.494 e. The summed E-state index contributed by atoms with van der Waals surface area (Å²) >= 11 is 6.23. The molecule has 0 N–H and O–H groups in total. The summed E-state index contributed by atoms with van der Waals surface area (Å²) in [6, 6.07) is 5.16. The molecule has 94 valence electrons. The molecule has 1 nitrogen and oxygen atoms in total. The van der Waals surface area contributed by atoms with Crippen molar-refractivity contribution in [1.82, 2.24) is 0 Å². The van der Waals surface area contributed by atoms with Crippen LogP contribution in [-0.4, -0.2) is 12.5 Å². The minimum absolute atomic E-state index is 0.283. The van der Waals surface area contributed by atoms with Crippen molar-refractivity contribution in [3.8, 4) is 5.75 Å². The first kappa shape index (κ1) is 12.7. The molecule has 0 bridgehead atoms. The third-order valence-electron chi connectivity index (χ3n) is 3.30. The van der Waals surface area contributed by atoms with Gasteiger partial charge in [-0.25, -0.2) is 4.39 Å². The molecule has 1 saturated carbocycles. The number of aryl methyl sites for hydroxylation is 1. The predicted octanol–water partition coefficient (Wildman–Crippen LogP) is 4.17. The Kier molecular flexibility index (Phi) is 4.27. The Morgan fingerprint density at radius 2 is 2.24 bits per heavy atom. The van der Waals surface area contributed by atoms with Crippen molar-refractivity contribution in [3.05, 3.63) is 29.6 Å². The van der Waals surface area contributed by atoms with Crippen LogP contribution in [0.2, 0.25) is 0 Å². The Morgan fingerprint density at radius 1 is 1.47 bits per heavy atom. The number of hydrogen-bond donors (Lipinski definition) is 0. The van der Waals surface area contributed by atoms with Gasteiger partial charge in [0.05, 0.1) is 7.11 Å². The normalized spacial score (nSPS) is 16.9. The molecule has 0 heterocycles. The van der Waals surface area contributed by atoms with E-state index < -0.39 is 0 Å². The van der Waals surface area contributed by atoms with E-state index in [-0.39, 0.29) is 5.82 Å². The highest BCUT2D eigenvalue weighted by atomic mass is 35.5. The first-order valence-corrected chi connectivity index (χ1v) is 6.61. The van der Waals surface area contributed by atoms with Crippen LogP contribution in [0, 0.1) is 11.7 Å². The highest BCUT2D eigenvalue weighted by Gasteiger charge is 2.28. The Hall–Kier alpha value is -0.760. The molecule has 1 atom stereocenters. The van der Waals surface area contributed by atoms with Crippen LogP contribution < -0.4 is 4.74 Å². The Morgan fingerprint density at radius 3 is 2.82 bits per heavy atom. The number of ether oxygens (including phenoxy) is 1. The van der Waals surface area contributed by atoms with Gasteiger partial charge in [0.1, 0.15) is 0 Å². The standard InChI is InChI=1S/C14H18ClFO/c1-17-14-8-5-10(9-13(14)16)3-2-4-12(15)11-6-7-11/h5,8-9,11-12H,2-4,6-7H2,1H3. The van der Waals surface area contributed by atoms with Crippen molar-refractivity contribution in [2.75, 3.05) is 7.11 Å². The lowest BCUT2D eigenvalue weighted by Crippen LogP contribution is -2.01. The highest BCUT2D eigenvalue weighted by Crippen LogP contribution is 2.37. The zero-order valence-electron chi connectivity index (χ0n) is 10.1. The molecule has 0 saturated heterocycles. The molecule has 0 spiro atoms. The average molecular weight is 257 g/mol. The van der Waals surface area contributed by atoms with E-state index in [9.17, 15) is 4.39 Å². The molecule has 0 amide bonds. The first-order valence-electron chi connectivity index (χ1n) is 6.17. The quantitative estimate of drug-likeness (QED) is 0.694. The van der Waals surface area contributed by atoms with Crippen molar-refractivity contribution in [1.29, 1.82) is 0 Å². The highest BCUT2D eigenvalue weighted by molar-refractivity contribution is 6.20. The van der Waals surface area contributed by atoms with Gasteiger partial charge in [0.25, 0.3) is 0 Å². The van der Waals surface area contributed by atoms with Crippen LogP contribution in [0.5, 0.6) is 5.75 Å². The molecule has 1 unspecified atom stereocenters. The van der Waals surface area contributed by atoms with E-state index in [0.29, 0.717) is 11.1 Å². The minimum atomic E-state index is -0.283. The molecular weight excluding hydrogens is 239 g/mol. The summed E-state index contributed by atoms with van der Waals surface area (Å²) < 4.78 is 18.3. The lowest BCUT2D eigenvalue weighted by Gasteiger charge is -2.08. The van der Waals surface area contributed by atoms with Gasteiger partial charge >= 0.3 is 0 Å². The number of benzene rings is 1. The van der Waals surface area contributed by atoms with Gasteiger partial charge in [0, 0.05) is 5.38 Å². The van der Waals surface area contributed by atoms with Crippen molar-refractivity contribution < 1.29 is 9.13 Å². The SMILES string of the molecule is COc1ccc(CCCC(Cl)C2CC2)cc1F. The lowest BCUT2D eigenvalue weighted by atomic mass is 10.1. The van der Waals surface area contributed by atoms with Crippen molar-refractivity contribution >= 4 is 11.6 Å². The summed E-state index contributed by atoms with van der Waals surface area (Å²) in [5, 5.41) is 0.318. The van der Waals surface area contributed by atoms with E-state index in [1.54, 1.807) is 12.1 Å². The van der Waals surface area contributed by atoms with Crippen molar-refractivity contribution in [3.63, 3.8) is 0 Å². The number of hydrogen-bond acceptors (Lipinski definition) is 1. The van der Waals surface area contributed by atoms with Crippen LogP contribution >= 0.6 is 11.6 Å². The van der Waals surface area contributed by atoms with Crippen LogP contribution in [0.15, 0.2) is 18.2 Å². The molecule has 0 aromatic heterocycles. The lowest BCUT2D eigenvalue weighted by molar-refractivity contribution is 0.386. The maximum Gasteiger partial charge on any atom is 0.165 e. The van der Waals surface area contributed by atoms with Gasteiger partial charge in [0.2, 0.25) is 0 Å². The Bertz CT molecular complexity index is 376. The van der Waals surface area contributed by atoms with Crippen LogP contribution in [0.25, 0.3) is 0 Å². The van der Waals surface area contributed by atoms with Gasteiger partial charge in [-0.15, -0.1) is 11.6 Å². The molecule has 1 aromatic carbocycles. The summed E-state index contributed by atoms with van der Waals surface area (Å²) in [6.07, 6.45) is 5.50. The third kappa shape index (κ3) is 3.60. The number of rotatable bonds is 6. The third-order valence-corrected chi connectivity index (χ3v) is 3.87. The number of alkyl halides is 1. The van der Waals surface area contributed by atoms with Crippen LogP contribution in [-0.2, 0) is 6.42 Å². The largest absolute Gasteiger partial charge is 0.494 e. The molecule has 17 heavy (non-hydrogen) atoms. The maximum atomic E-state index is 13.4. The Labute approximate surface area is 107 Å². The fraction of sp³-hybridized carbons (Fsp3) is 0.571. The van der Waals surface area contributed by atoms with E-state index in [1.807, 2.05) is 6.07 Å². The van der Waals surface area contributed by atoms with E-state index in [1.165, 1.54) is 20.0 Å². The summed E-state index contributed by atoms with van der Waals surface area (Å²) in [5.74, 6) is 0.765. The number of methoxy groups -OCH3 is 1. The topological polar surface area (TPSA) is 9.23 Å². The van der Waals surface area contributed by atoms with Crippen LogP contribution in [0.1, 0.15) is 31.2 Å². The van der Waals surface area contributed by atoms with Crippen LogP contribution in [0.4, 0.5) is 4.39 Å². The molecule has 2 rings (SSSR count). The van der Waals surface area contributed by atoms with E-state index in [0.717, 1.165) is 30.7 Å². The fourth-order valence-electron chi connectivity index (χ4n) is 2.06. The first-order chi connectivity index (χ1) is 8.20. The maximum absolute atomic E-state index is 13.4. The monoisotopic (exact) mass is 256 g/mol. The van der Waals surface area contributed by atoms with Crippen molar-refractivity contribution in [2.24, 2.45) is 5.92 Å². The second-order valence-electron chi connectivity index (χ2n) is 4.71. The van der Waals surface area contributed by atoms with E-state index >= 15 is 0 Å². The van der Waals surface area contributed by atoms with E-state index in [2.05, 4.69) is 0 Å². The summed E-state index contributed by atoms with van der Waals surface area (Å²) in [5.41, 5.74) is 1.02. The van der Waals surface area contributed by atoms with Gasteiger partial charge < -0.3 is 4.74 Å². The summed E-state index contributed by atoms with van der Waals surface area (Å²) in [7, 11) is 1.48. The van der Waals surface area contributed by atoms with Crippen molar-refractivity contribution in [2.45, 2.75) is 37.5 Å². The molecule has 0 radical (unpaired) electrons. The Balaban J connectivity index is 1.80. The average Bonchev–Trinajstić information content (AvgIpc) is 3.13. The molecular formula is C14H18ClFO. The molecule has 0 aliphatic heterocycles. The second-order valence-corrected chi connectivity index (χ2v) is 5.28. The fourth-order valence-corrected chi connectivity index (χ4v) is 2.47. The van der Waals surface area contributed by atoms with Gasteiger partial charge in [-0.1, -0.05) is 6.07 Å². The molecule has 1 fully saturated rings. The van der Waals surface area contributed by atoms with Gasteiger partial charge in [-0.3, -0.25) is 0 Å². The number of halogens is 2. The predicted molar refractivity (Wildman–Crippen MR) is 68.3 cm³/mol. The van der Waals surface area contributed by atoms with E-state index in [4.69, 9.17) is 16.3 Å². The van der Waals surface area contributed by atoms with Crippen LogP contribution in [0.3, 0.4) is 0 Å². The van der Waals surface area contributed by atoms with Gasteiger partial charge in [-0.05, 0) is 55.7 Å². The molecule has 3 heteroatoms. The molecule has 1 aliphatic rings. The molecule has 1 aromatic rings.